The summed E-state index contributed by atoms with van der Waals surface area (Å²) in [5.41, 5.74) is 1.19. The lowest BCUT2D eigenvalue weighted by Gasteiger charge is -2.08. The fraction of sp³-hybridized carbons (Fsp3) is 0.235. The smallest absolute Gasteiger partial charge is 0.257 e. The van der Waals surface area contributed by atoms with Gasteiger partial charge in [-0.1, -0.05) is 17.7 Å². The number of rotatable bonds is 6. The second kappa shape index (κ2) is 7.33. The number of carbonyl (C=O) groups is 1. The Morgan fingerprint density at radius 3 is 2.05 bits per heavy atom. The summed E-state index contributed by atoms with van der Waals surface area (Å²) in [4.78, 5) is 11.3. The maximum atomic E-state index is 11.3. The van der Waals surface area contributed by atoms with E-state index in [-0.39, 0.29) is 12.5 Å². The highest BCUT2D eigenvalue weighted by Crippen LogP contribution is 2.23. The van der Waals surface area contributed by atoms with Crippen LogP contribution in [0.5, 0.6) is 17.2 Å². The van der Waals surface area contributed by atoms with Crippen LogP contribution in [0.25, 0.3) is 0 Å². The molecule has 2 rings (SSSR count). The standard InChI is InChI=1S/C17H19NO3/c1-3-18-17(19)12-20-14-8-10-16(11-9-14)21-15-6-4-13(2)5-7-15/h4-11H,3,12H2,1-2H3,(H,18,19). The van der Waals surface area contributed by atoms with Crippen LogP contribution in [0.15, 0.2) is 48.5 Å². The summed E-state index contributed by atoms with van der Waals surface area (Å²) in [5.74, 6) is 2.02. The van der Waals surface area contributed by atoms with E-state index in [1.807, 2.05) is 50.2 Å². The van der Waals surface area contributed by atoms with Crippen LogP contribution in [0.4, 0.5) is 0 Å². The summed E-state index contributed by atoms with van der Waals surface area (Å²) < 4.78 is 11.1. The topological polar surface area (TPSA) is 47.6 Å². The zero-order valence-corrected chi connectivity index (χ0v) is 12.3. The Morgan fingerprint density at radius 2 is 1.48 bits per heavy atom. The summed E-state index contributed by atoms with van der Waals surface area (Å²) in [6.45, 7) is 4.53. The van der Waals surface area contributed by atoms with Crippen molar-refractivity contribution in [1.29, 1.82) is 0 Å². The van der Waals surface area contributed by atoms with Crippen molar-refractivity contribution in [2.24, 2.45) is 0 Å². The molecule has 0 saturated heterocycles. The van der Waals surface area contributed by atoms with E-state index in [2.05, 4.69) is 5.32 Å². The van der Waals surface area contributed by atoms with E-state index in [1.54, 1.807) is 12.1 Å². The van der Waals surface area contributed by atoms with E-state index in [0.29, 0.717) is 12.3 Å². The van der Waals surface area contributed by atoms with Gasteiger partial charge in [0.25, 0.3) is 5.91 Å². The minimum Gasteiger partial charge on any atom is -0.484 e. The van der Waals surface area contributed by atoms with Crippen molar-refractivity contribution in [3.8, 4) is 17.2 Å². The van der Waals surface area contributed by atoms with Crippen molar-refractivity contribution in [2.45, 2.75) is 13.8 Å². The Balaban J connectivity index is 1.89. The predicted molar refractivity (Wildman–Crippen MR) is 81.9 cm³/mol. The van der Waals surface area contributed by atoms with Gasteiger partial charge in [0, 0.05) is 6.54 Å². The van der Waals surface area contributed by atoms with Gasteiger partial charge in [0.2, 0.25) is 0 Å². The van der Waals surface area contributed by atoms with E-state index < -0.39 is 0 Å². The largest absolute Gasteiger partial charge is 0.484 e. The van der Waals surface area contributed by atoms with Crippen LogP contribution in [-0.2, 0) is 4.79 Å². The molecule has 0 fully saturated rings. The van der Waals surface area contributed by atoms with Crippen molar-refractivity contribution < 1.29 is 14.3 Å². The van der Waals surface area contributed by atoms with Gasteiger partial charge < -0.3 is 14.8 Å². The number of hydrogen-bond donors (Lipinski definition) is 1. The van der Waals surface area contributed by atoms with E-state index >= 15 is 0 Å². The van der Waals surface area contributed by atoms with Gasteiger partial charge in [-0.2, -0.15) is 0 Å². The van der Waals surface area contributed by atoms with Crippen molar-refractivity contribution in [2.75, 3.05) is 13.2 Å². The van der Waals surface area contributed by atoms with Crippen molar-refractivity contribution in [1.82, 2.24) is 5.32 Å². The normalized spacial score (nSPS) is 10.0. The number of aryl methyl sites for hydroxylation is 1. The van der Waals surface area contributed by atoms with Crippen LogP contribution in [0.1, 0.15) is 12.5 Å². The predicted octanol–water partition coefficient (Wildman–Crippen LogP) is 3.30. The minimum atomic E-state index is -0.127. The van der Waals surface area contributed by atoms with Gasteiger partial charge in [0.1, 0.15) is 17.2 Å². The molecule has 0 spiro atoms. The van der Waals surface area contributed by atoms with Crippen molar-refractivity contribution in [3.63, 3.8) is 0 Å². The van der Waals surface area contributed by atoms with Crippen molar-refractivity contribution in [3.05, 3.63) is 54.1 Å². The number of hydrogen-bond acceptors (Lipinski definition) is 3. The molecule has 2 aromatic rings. The first kappa shape index (κ1) is 14.9. The minimum absolute atomic E-state index is 0.0198. The van der Waals surface area contributed by atoms with Crippen molar-refractivity contribution >= 4 is 5.91 Å². The Hall–Kier alpha value is -2.49. The number of amides is 1. The molecule has 0 aliphatic heterocycles. The quantitative estimate of drug-likeness (QED) is 0.886. The molecule has 4 heteroatoms. The summed E-state index contributed by atoms with van der Waals surface area (Å²) in [7, 11) is 0. The third-order valence-corrected chi connectivity index (χ3v) is 2.82. The second-order valence-electron chi connectivity index (χ2n) is 4.63. The fourth-order valence-corrected chi connectivity index (χ4v) is 1.74. The maximum Gasteiger partial charge on any atom is 0.257 e. The number of benzene rings is 2. The first-order valence-electron chi connectivity index (χ1n) is 6.91. The molecular formula is C17H19NO3. The molecule has 1 N–H and O–H groups in total. The molecule has 2 aromatic carbocycles. The molecule has 0 unspecified atom stereocenters. The Morgan fingerprint density at radius 1 is 0.952 bits per heavy atom. The SMILES string of the molecule is CCNC(=O)COc1ccc(Oc2ccc(C)cc2)cc1. The number of carbonyl (C=O) groups excluding carboxylic acids is 1. The van der Waals surface area contributed by atoms with Gasteiger partial charge in [-0.05, 0) is 50.2 Å². The number of ether oxygens (including phenoxy) is 2. The first-order chi connectivity index (χ1) is 10.2. The molecule has 0 heterocycles. The maximum absolute atomic E-state index is 11.3. The molecule has 0 aromatic heterocycles. The third-order valence-electron chi connectivity index (χ3n) is 2.82. The summed E-state index contributed by atoms with van der Waals surface area (Å²) in [6, 6.07) is 15.0. The molecule has 110 valence electrons. The molecule has 0 radical (unpaired) electrons. The Kier molecular flexibility index (Phi) is 5.21. The highest BCUT2D eigenvalue weighted by molar-refractivity contribution is 5.77. The highest BCUT2D eigenvalue weighted by atomic mass is 16.5. The number of nitrogens with one attached hydrogen (secondary N) is 1. The molecule has 0 bridgehead atoms. The van der Waals surface area contributed by atoms with E-state index in [9.17, 15) is 4.79 Å². The average molecular weight is 285 g/mol. The van der Waals surface area contributed by atoms with Gasteiger partial charge in [-0.3, -0.25) is 4.79 Å². The van der Waals surface area contributed by atoms with Gasteiger partial charge >= 0.3 is 0 Å². The zero-order chi connectivity index (χ0) is 15.1. The first-order valence-corrected chi connectivity index (χ1v) is 6.91. The molecule has 0 saturated carbocycles. The van der Waals surface area contributed by atoms with Crippen LogP contribution < -0.4 is 14.8 Å². The summed E-state index contributed by atoms with van der Waals surface area (Å²) >= 11 is 0. The highest BCUT2D eigenvalue weighted by Gasteiger charge is 2.02. The van der Waals surface area contributed by atoms with Crippen LogP contribution >= 0.6 is 0 Å². The molecule has 0 aliphatic rings. The van der Waals surface area contributed by atoms with Gasteiger partial charge in [-0.25, -0.2) is 0 Å². The van der Waals surface area contributed by atoms with Crippen LogP contribution in [-0.4, -0.2) is 19.1 Å². The van der Waals surface area contributed by atoms with Gasteiger partial charge in [-0.15, -0.1) is 0 Å². The second-order valence-corrected chi connectivity index (χ2v) is 4.63. The van der Waals surface area contributed by atoms with Crippen LogP contribution in [0, 0.1) is 6.92 Å². The fourth-order valence-electron chi connectivity index (χ4n) is 1.74. The molecule has 4 nitrogen and oxygen atoms in total. The Labute approximate surface area is 124 Å². The molecule has 0 atom stereocenters. The van der Waals surface area contributed by atoms with E-state index in [0.717, 1.165) is 11.5 Å². The molecule has 1 amide bonds. The number of likely N-dealkylation sites (N-methyl/N-ethyl adjacent to an activating group) is 1. The molecule has 0 aliphatic carbocycles. The van der Waals surface area contributed by atoms with Gasteiger partial charge in [0.05, 0.1) is 0 Å². The zero-order valence-electron chi connectivity index (χ0n) is 12.3. The average Bonchev–Trinajstić information content (AvgIpc) is 2.49. The van der Waals surface area contributed by atoms with Gasteiger partial charge in [0.15, 0.2) is 6.61 Å². The summed E-state index contributed by atoms with van der Waals surface area (Å²) in [5, 5.41) is 2.68. The lowest BCUT2D eigenvalue weighted by molar-refractivity contribution is -0.122. The molecular weight excluding hydrogens is 266 g/mol. The van der Waals surface area contributed by atoms with E-state index in [4.69, 9.17) is 9.47 Å². The van der Waals surface area contributed by atoms with E-state index in [1.165, 1.54) is 5.56 Å². The third kappa shape index (κ3) is 4.84. The van der Waals surface area contributed by atoms with Crippen LogP contribution in [0.2, 0.25) is 0 Å². The monoisotopic (exact) mass is 285 g/mol. The lowest BCUT2D eigenvalue weighted by atomic mass is 10.2. The molecule has 21 heavy (non-hydrogen) atoms. The summed E-state index contributed by atoms with van der Waals surface area (Å²) in [6.07, 6.45) is 0. The Bertz CT molecular complexity index is 576. The lowest BCUT2D eigenvalue weighted by Crippen LogP contribution is -2.28. The van der Waals surface area contributed by atoms with Crippen LogP contribution in [0.3, 0.4) is 0 Å².